The Morgan fingerprint density at radius 3 is 2.56 bits per heavy atom. The zero-order chi connectivity index (χ0) is 26.4. The van der Waals surface area contributed by atoms with Crippen molar-refractivity contribution in [3.05, 3.63) is 62.2 Å². The molecule has 0 saturated carbocycles. The third-order valence-corrected chi connectivity index (χ3v) is 5.83. The molecule has 0 aliphatic carbocycles. The molecule has 0 atom stereocenters. The molecule has 190 valence electrons. The van der Waals surface area contributed by atoms with E-state index in [1.54, 1.807) is 6.92 Å². The zero-order valence-corrected chi connectivity index (χ0v) is 20.4. The monoisotopic (exact) mass is 517 g/mol. The maximum absolute atomic E-state index is 12.6. The second-order valence-electron chi connectivity index (χ2n) is 7.83. The number of nitrogens with one attached hydrogen (secondary N) is 1. The minimum atomic E-state index is -0.685. The first-order chi connectivity index (χ1) is 17.2. The second kappa shape index (κ2) is 11.6. The molecule has 0 radical (unpaired) electrons. The Bertz CT molecular complexity index is 1230. The van der Waals surface area contributed by atoms with Gasteiger partial charge in [0.2, 0.25) is 5.91 Å². The number of hydrogen-bond donors (Lipinski definition) is 1. The van der Waals surface area contributed by atoms with Crippen LogP contribution in [0.5, 0.6) is 5.75 Å². The summed E-state index contributed by atoms with van der Waals surface area (Å²) < 4.78 is 10.2. The van der Waals surface area contributed by atoms with Crippen LogP contribution in [0.15, 0.2) is 30.3 Å². The predicted molar refractivity (Wildman–Crippen MR) is 130 cm³/mol. The van der Waals surface area contributed by atoms with Gasteiger partial charge in [-0.2, -0.15) is 0 Å². The van der Waals surface area contributed by atoms with Crippen molar-refractivity contribution >= 4 is 46.7 Å². The molecule has 0 spiro atoms. The van der Waals surface area contributed by atoms with Crippen LogP contribution in [0.25, 0.3) is 0 Å². The van der Waals surface area contributed by atoms with Crippen molar-refractivity contribution in [3.8, 4) is 5.75 Å². The van der Waals surface area contributed by atoms with Gasteiger partial charge in [-0.3, -0.25) is 29.4 Å². The molecule has 3 rings (SSSR count). The van der Waals surface area contributed by atoms with Crippen molar-refractivity contribution in [3.63, 3.8) is 0 Å². The zero-order valence-electron chi connectivity index (χ0n) is 19.7. The minimum Gasteiger partial charge on any atom is -0.496 e. The van der Waals surface area contributed by atoms with Crippen molar-refractivity contribution in [2.45, 2.75) is 32.6 Å². The molecule has 0 unspecified atom stereocenters. The van der Waals surface area contributed by atoms with E-state index in [1.807, 2.05) is 0 Å². The van der Waals surface area contributed by atoms with Crippen molar-refractivity contribution in [2.24, 2.45) is 0 Å². The first-order valence-corrected chi connectivity index (χ1v) is 11.6. The number of nitro benzene ring substituents is 1. The van der Waals surface area contributed by atoms with E-state index >= 15 is 0 Å². The molecule has 0 fully saturated rings. The van der Waals surface area contributed by atoms with Gasteiger partial charge in [0.25, 0.3) is 17.5 Å². The first kappa shape index (κ1) is 26.6. The molecule has 1 aliphatic rings. The molecule has 1 aliphatic heterocycles. The van der Waals surface area contributed by atoms with Gasteiger partial charge in [-0.15, -0.1) is 0 Å². The molecule has 0 bridgehead atoms. The fourth-order valence-electron chi connectivity index (χ4n) is 3.80. The van der Waals surface area contributed by atoms with Crippen LogP contribution in [0.2, 0.25) is 5.02 Å². The number of amides is 3. The fraction of sp³-hybridized carbons (Fsp3) is 0.333. The molecule has 11 nitrogen and oxygen atoms in total. The van der Waals surface area contributed by atoms with Crippen molar-refractivity contribution in [1.82, 2.24) is 4.90 Å². The average Bonchev–Trinajstić information content (AvgIpc) is 3.09. The lowest BCUT2D eigenvalue weighted by Crippen LogP contribution is -2.30. The largest absolute Gasteiger partial charge is 0.496 e. The lowest BCUT2D eigenvalue weighted by Gasteiger charge is -2.14. The maximum atomic E-state index is 12.6. The van der Waals surface area contributed by atoms with Gasteiger partial charge in [0.15, 0.2) is 0 Å². The summed E-state index contributed by atoms with van der Waals surface area (Å²) in [6, 6.07) is 6.76. The van der Waals surface area contributed by atoms with E-state index in [2.05, 4.69) is 5.32 Å². The van der Waals surface area contributed by atoms with E-state index in [0.717, 1.165) is 4.90 Å². The van der Waals surface area contributed by atoms with Crippen LogP contribution in [0.1, 0.15) is 63.7 Å². The SMILES string of the molecule is CCOC(=O)c1cc(Cl)c(NC(=O)CCCCCN2C(=O)c3cccc([N+](=O)[O-])c3C2=O)cc1OC. The van der Waals surface area contributed by atoms with Gasteiger partial charge in [0.1, 0.15) is 16.9 Å². The number of nitrogens with zero attached hydrogens (tertiary/aromatic N) is 2. The molecule has 0 saturated heterocycles. The quantitative estimate of drug-likeness (QED) is 0.153. The van der Waals surface area contributed by atoms with E-state index in [0.29, 0.717) is 19.3 Å². The number of fused-ring (bicyclic) bond motifs is 1. The molecular formula is C24H24ClN3O8. The number of imide groups is 1. The first-order valence-electron chi connectivity index (χ1n) is 11.2. The summed E-state index contributed by atoms with van der Waals surface area (Å²) in [5.41, 5.74) is -0.140. The third kappa shape index (κ3) is 5.62. The summed E-state index contributed by atoms with van der Waals surface area (Å²) in [4.78, 5) is 61.0. The van der Waals surface area contributed by atoms with Crippen LogP contribution in [0.4, 0.5) is 11.4 Å². The topological polar surface area (TPSA) is 145 Å². The predicted octanol–water partition coefficient (Wildman–Crippen LogP) is 4.23. The maximum Gasteiger partial charge on any atom is 0.341 e. The Morgan fingerprint density at radius 2 is 1.89 bits per heavy atom. The Balaban J connectivity index is 1.51. The van der Waals surface area contributed by atoms with Crippen LogP contribution in [0.3, 0.4) is 0 Å². The molecule has 3 amide bonds. The number of anilines is 1. The number of rotatable bonds is 11. The van der Waals surface area contributed by atoms with Crippen LogP contribution in [-0.4, -0.2) is 53.8 Å². The van der Waals surface area contributed by atoms with Gasteiger partial charge in [0.05, 0.1) is 34.9 Å². The van der Waals surface area contributed by atoms with Crippen molar-refractivity contribution in [1.29, 1.82) is 0 Å². The van der Waals surface area contributed by atoms with Gasteiger partial charge in [-0.25, -0.2) is 4.79 Å². The highest BCUT2D eigenvalue weighted by Gasteiger charge is 2.40. The highest BCUT2D eigenvalue weighted by atomic mass is 35.5. The highest BCUT2D eigenvalue weighted by molar-refractivity contribution is 6.34. The normalized spacial score (nSPS) is 12.4. The lowest BCUT2D eigenvalue weighted by atomic mass is 10.1. The summed E-state index contributed by atoms with van der Waals surface area (Å²) in [5.74, 6) is -1.96. The summed E-state index contributed by atoms with van der Waals surface area (Å²) in [5, 5.41) is 14.0. The summed E-state index contributed by atoms with van der Waals surface area (Å²) in [6.07, 6.45) is 1.56. The number of esters is 1. The number of nitro groups is 1. The van der Waals surface area contributed by atoms with Crippen molar-refractivity contribution in [2.75, 3.05) is 25.6 Å². The van der Waals surface area contributed by atoms with Gasteiger partial charge in [-0.05, 0) is 31.9 Å². The van der Waals surface area contributed by atoms with Crippen molar-refractivity contribution < 1.29 is 33.6 Å². The Morgan fingerprint density at radius 1 is 1.14 bits per heavy atom. The number of halogens is 1. The van der Waals surface area contributed by atoms with Crippen LogP contribution in [-0.2, 0) is 9.53 Å². The van der Waals surface area contributed by atoms with E-state index < -0.39 is 28.4 Å². The molecular weight excluding hydrogens is 494 g/mol. The van der Waals surface area contributed by atoms with E-state index in [-0.39, 0.29) is 58.6 Å². The molecule has 1 N–H and O–H groups in total. The number of methoxy groups -OCH3 is 1. The van der Waals surface area contributed by atoms with Crippen LogP contribution < -0.4 is 10.1 Å². The summed E-state index contributed by atoms with van der Waals surface area (Å²) in [7, 11) is 1.38. The van der Waals surface area contributed by atoms with E-state index in [1.165, 1.54) is 37.4 Å². The van der Waals surface area contributed by atoms with Crippen LogP contribution >= 0.6 is 11.6 Å². The fourth-order valence-corrected chi connectivity index (χ4v) is 4.01. The Labute approximate surface area is 211 Å². The lowest BCUT2D eigenvalue weighted by molar-refractivity contribution is -0.385. The van der Waals surface area contributed by atoms with E-state index in [4.69, 9.17) is 21.1 Å². The molecule has 36 heavy (non-hydrogen) atoms. The number of carbonyl (C=O) groups is 4. The van der Waals surface area contributed by atoms with Crippen LogP contribution in [0, 0.1) is 10.1 Å². The average molecular weight is 518 g/mol. The smallest absolute Gasteiger partial charge is 0.341 e. The molecule has 12 heteroatoms. The highest BCUT2D eigenvalue weighted by Crippen LogP contribution is 2.32. The van der Waals surface area contributed by atoms with Gasteiger partial charge in [-0.1, -0.05) is 24.1 Å². The number of unbranched alkanes of at least 4 members (excludes halogenated alkanes) is 2. The molecule has 2 aromatic rings. The van der Waals surface area contributed by atoms with Gasteiger partial charge < -0.3 is 14.8 Å². The second-order valence-corrected chi connectivity index (χ2v) is 8.24. The summed E-state index contributed by atoms with van der Waals surface area (Å²) >= 11 is 6.21. The van der Waals surface area contributed by atoms with Gasteiger partial charge >= 0.3 is 5.97 Å². The number of carbonyl (C=O) groups excluding carboxylic acids is 4. The molecule has 0 aromatic heterocycles. The summed E-state index contributed by atoms with van der Waals surface area (Å²) in [6.45, 7) is 1.95. The minimum absolute atomic E-state index is 0.0230. The third-order valence-electron chi connectivity index (χ3n) is 5.52. The number of benzene rings is 2. The Kier molecular flexibility index (Phi) is 8.59. The van der Waals surface area contributed by atoms with Gasteiger partial charge in [0, 0.05) is 25.1 Å². The standard InChI is InChI=1S/C24H24ClN3O8/c1-3-36-24(32)15-12-16(25)17(13-19(15)35-2)26-20(29)10-5-4-6-11-27-22(30)14-8-7-9-18(28(33)34)21(14)23(27)31/h7-9,12-13H,3-6,10-11H2,1-2H3,(H,26,29). The molecule has 1 heterocycles. The Hall–Kier alpha value is -3.99. The molecule has 2 aromatic carbocycles. The number of hydrogen-bond acceptors (Lipinski definition) is 8. The number of ether oxygens (including phenoxy) is 2. The van der Waals surface area contributed by atoms with E-state index in [9.17, 15) is 29.3 Å².